The second-order valence-electron chi connectivity index (χ2n) is 12.0. The van der Waals surface area contributed by atoms with Gasteiger partial charge in [0, 0.05) is 25.7 Å². The number of likely N-dealkylation sites (tertiary alicyclic amines) is 1. The largest absolute Gasteiger partial charge is 0.481 e. The summed E-state index contributed by atoms with van der Waals surface area (Å²) in [6.45, 7) is 5.31. The summed E-state index contributed by atoms with van der Waals surface area (Å²) in [6.07, 6.45) is 0.823. The van der Waals surface area contributed by atoms with Gasteiger partial charge in [0.15, 0.2) is 0 Å². The molecule has 0 aliphatic carbocycles. The molecule has 1 fully saturated rings. The maximum Gasteiger partial charge on any atom is 0.410 e. The number of benzene rings is 2. The molecule has 0 radical (unpaired) electrons. The van der Waals surface area contributed by atoms with Crippen LogP contribution in [0.15, 0.2) is 71.8 Å². The van der Waals surface area contributed by atoms with E-state index in [1.54, 1.807) is 44.3 Å². The summed E-state index contributed by atoms with van der Waals surface area (Å²) >= 11 is 0. The van der Waals surface area contributed by atoms with Gasteiger partial charge in [0.2, 0.25) is 5.60 Å². The lowest BCUT2D eigenvalue weighted by Gasteiger charge is -2.24. The number of nitrogens with zero attached hydrogens (tertiary/aromatic N) is 3. The SMILES string of the molecule is Cc1cc(C)c(S(=O)(=O)N[N+]2=C(C(=O)NCCC(=O)O)C[C@@]3(CC(CNc4ccccn4)N(C(=O)OCc4ccccc4)C3)O2)c(C)c1. The van der Waals surface area contributed by atoms with Gasteiger partial charge >= 0.3 is 33.7 Å². The molecule has 2 amide bonds. The van der Waals surface area contributed by atoms with Crippen molar-refractivity contribution in [3.63, 3.8) is 0 Å². The number of aryl methyl sites for hydroxylation is 3. The molecule has 254 valence electrons. The minimum atomic E-state index is -4.27. The van der Waals surface area contributed by atoms with Gasteiger partial charge in [-0.15, -0.1) is 0 Å². The van der Waals surface area contributed by atoms with Crippen molar-refractivity contribution in [1.82, 2.24) is 20.0 Å². The number of hydrogen-bond acceptors (Lipinski definition) is 9. The molecule has 4 N–H and O–H groups in total. The highest BCUT2D eigenvalue weighted by Crippen LogP contribution is 2.38. The molecule has 1 aromatic heterocycles. The highest BCUT2D eigenvalue weighted by molar-refractivity contribution is 7.89. The number of hydrogen-bond donors (Lipinski definition) is 4. The highest BCUT2D eigenvalue weighted by Gasteiger charge is 2.60. The van der Waals surface area contributed by atoms with Crippen LogP contribution >= 0.6 is 0 Å². The van der Waals surface area contributed by atoms with E-state index in [2.05, 4.69) is 20.4 Å². The summed E-state index contributed by atoms with van der Waals surface area (Å²) in [5.41, 5.74) is 1.41. The molecule has 2 aliphatic heterocycles. The molecule has 0 saturated carbocycles. The Morgan fingerprint density at radius 2 is 1.79 bits per heavy atom. The van der Waals surface area contributed by atoms with Crippen molar-refractivity contribution in [3.05, 3.63) is 89.1 Å². The summed E-state index contributed by atoms with van der Waals surface area (Å²) < 4.78 is 33.2. The topological polar surface area (TPSA) is 179 Å². The van der Waals surface area contributed by atoms with E-state index in [0.29, 0.717) is 16.9 Å². The van der Waals surface area contributed by atoms with Crippen LogP contribution in [-0.2, 0) is 35.8 Å². The fourth-order valence-corrected chi connectivity index (χ4v) is 7.58. The van der Waals surface area contributed by atoms with Crippen molar-refractivity contribution in [2.45, 2.75) is 63.2 Å². The number of amides is 2. The predicted molar refractivity (Wildman–Crippen MR) is 174 cm³/mol. The third-order valence-corrected chi connectivity index (χ3v) is 9.70. The first kappa shape index (κ1) is 34.2. The van der Waals surface area contributed by atoms with Crippen molar-refractivity contribution in [3.8, 4) is 0 Å². The highest BCUT2D eigenvalue weighted by atomic mass is 32.2. The van der Waals surface area contributed by atoms with Gasteiger partial charge in [-0.1, -0.05) is 54.1 Å². The fraction of sp³-hybridized carbons (Fsp3) is 0.364. The van der Waals surface area contributed by atoms with Gasteiger partial charge in [0.1, 0.15) is 17.3 Å². The molecule has 48 heavy (non-hydrogen) atoms. The summed E-state index contributed by atoms with van der Waals surface area (Å²) in [5, 5.41) is 14.8. The number of rotatable bonds is 12. The maximum atomic E-state index is 13.8. The average molecular weight is 680 g/mol. The third kappa shape index (κ3) is 8.02. The van der Waals surface area contributed by atoms with Crippen LogP contribution in [0.1, 0.15) is 41.5 Å². The Labute approximate surface area is 278 Å². The smallest absolute Gasteiger partial charge is 0.410 e. The number of nitrogens with one attached hydrogen (secondary N) is 3. The fourth-order valence-electron chi connectivity index (χ4n) is 6.16. The lowest BCUT2D eigenvalue weighted by atomic mass is 9.94. The van der Waals surface area contributed by atoms with Crippen molar-refractivity contribution in [2.24, 2.45) is 0 Å². The van der Waals surface area contributed by atoms with E-state index in [9.17, 15) is 22.8 Å². The van der Waals surface area contributed by atoms with Gasteiger partial charge in [-0.3, -0.25) is 14.5 Å². The van der Waals surface area contributed by atoms with Crippen LogP contribution in [0.4, 0.5) is 10.6 Å². The van der Waals surface area contributed by atoms with E-state index in [1.807, 2.05) is 43.3 Å². The zero-order valence-electron chi connectivity index (χ0n) is 26.9. The second-order valence-corrected chi connectivity index (χ2v) is 13.6. The van der Waals surface area contributed by atoms with E-state index in [4.69, 9.17) is 14.7 Å². The Morgan fingerprint density at radius 1 is 1.08 bits per heavy atom. The second kappa shape index (κ2) is 14.3. The Kier molecular flexibility index (Phi) is 10.2. The number of carbonyl (C=O) groups excluding carboxylic acids is 2. The molecule has 0 bridgehead atoms. The summed E-state index contributed by atoms with van der Waals surface area (Å²) in [6, 6.07) is 17.6. The Bertz CT molecular complexity index is 1800. The third-order valence-electron chi connectivity index (χ3n) is 8.11. The molecule has 5 rings (SSSR count). The number of carboxylic acids is 1. The van der Waals surface area contributed by atoms with Gasteiger partial charge < -0.3 is 20.5 Å². The van der Waals surface area contributed by atoms with Crippen LogP contribution in [-0.4, -0.2) is 83.2 Å². The van der Waals surface area contributed by atoms with Gasteiger partial charge in [-0.05, 0) is 54.4 Å². The monoisotopic (exact) mass is 679 g/mol. The zero-order valence-corrected chi connectivity index (χ0v) is 27.7. The van der Waals surface area contributed by atoms with E-state index < -0.39 is 39.6 Å². The Balaban J connectivity index is 1.43. The Hall–Kier alpha value is -5.18. The van der Waals surface area contributed by atoms with Crippen molar-refractivity contribution in [2.75, 3.05) is 25.0 Å². The van der Waals surface area contributed by atoms with Crippen molar-refractivity contribution in [1.29, 1.82) is 0 Å². The standard InChI is InChI=1S/C33H38N6O8S/c1-22-15-23(2)30(24(3)16-22)48(44,45)37-39-27(31(42)35-14-12-29(40)41)18-33(47-39)17-26(19-36-28-11-7-8-13-34-28)38(21-33)32(43)46-20-25-9-5-4-6-10-25/h4-11,13,15-16,26H,12,14,17-21H2,1-3H3,(H3-,34,35,36,37,40,41,42)/p+1/t26?,33-/m1/s1. The molecule has 2 atom stereocenters. The number of anilines is 1. The summed E-state index contributed by atoms with van der Waals surface area (Å²) in [5.74, 6) is -1.22. The molecule has 14 nitrogen and oxygen atoms in total. The molecule has 3 heterocycles. The average Bonchev–Trinajstić information content (AvgIpc) is 3.57. The van der Waals surface area contributed by atoms with Crippen molar-refractivity contribution >= 4 is 39.5 Å². The zero-order chi connectivity index (χ0) is 34.5. The van der Waals surface area contributed by atoms with Crippen LogP contribution in [0.25, 0.3) is 0 Å². The molecule has 15 heteroatoms. The number of aromatic nitrogens is 1. The lowest BCUT2D eigenvalue weighted by molar-refractivity contribution is -0.821. The van der Waals surface area contributed by atoms with Gasteiger partial charge in [-0.2, -0.15) is 8.42 Å². The van der Waals surface area contributed by atoms with E-state index in [-0.39, 0.29) is 56.1 Å². The van der Waals surface area contributed by atoms with Crippen LogP contribution in [0.2, 0.25) is 0 Å². The number of hydrazone groups is 1. The number of hydrazine groups is 1. The predicted octanol–water partition coefficient (Wildman–Crippen LogP) is 2.84. The van der Waals surface area contributed by atoms with Gasteiger partial charge in [0.25, 0.3) is 0 Å². The van der Waals surface area contributed by atoms with Crippen LogP contribution in [0.5, 0.6) is 0 Å². The minimum Gasteiger partial charge on any atom is -0.481 e. The molecule has 1 spiro atoms. The number of sulfonamides is 1. The lowest BCUT2D eigenvalue weighted by Crippen LogP contribution is -2.43. The Morgan fingerprint density at radius 3 is 2.46 bits per heavy atom. The first-order valence-electron chi connectivity index (χ1n) is 15.4. The van der Waals surface area contributed by atoms with Gasteiger partial charge in [-0.25, -0.2) is 14.6 Å². The first-order valence-corrected chi connectivity index (χ1v) is 16.9. The quantitative estimate of drug-likeness (QED) is 0.208. The maximum absolute atomic E-state index is 13.8. The van der Waals surface area contributed by atoms with Crippen LogP contribution < -0.4 is 15.5 Å². The molecule has 2 aliphatic rings. The first-order chi connectivity index (χ1) is 22.9. The van der Waals surface area contributed by atoms with E-state index >= 15 is 0 Å². The normalized spacial score (nSPS) is 18.8. The molecular formula is C33H39N6O8S+. The van der Waals surface area contributed by atoms with E-state index in [0.717, 1.165) is 16.0 Å². The molecule has 1 unspecified atom stereocenters. The minimum absolute atomic E-state index is 0.0259. The molecule has 2 aromatic carbocycles. The summed E-state index contributed by atoms with van der Waals surface area (Å²) in [7, 11) is -4.27. The molecule has 3 aromatic rings. The van der Waals surface area contributed by atoms with Gasteiger partial charge in [0.05, 0.1) is 30.3 Å². The molecular weight excluding hydrogens is 640 g/mol. The number of pyridine rings is 1. The number of carboxylic acid groups (broad SMARTS) is 1. The van der Waals surface area contributed by atoms with Crippen LogP contribution in [0, 0.1) is 20.8 Å². The number of aliphatic carboxylic acids is 1. The summed E-state index contributed by atoms with van der Waals surface area (Å²) in [4.78, 5) is 53.5. The number of ether oxygens (including phenoxy) is 1. The van der Waals surface area contributed by atoms with Crippen LogP contribution in [0.3, 0.4) is 0 Å². The van der Waals surface area contributed by atoms with E-state index in [1.165, 1.54) is 4.90 Å². The number of carbonyl (C=O) groups is 3. The van der Waals surface area contributed by atoms with Crippen molar-refractivity contribution < 1.29 is 42.3 Å². The molecule has 1 saturated heterocycles.